The lowest BCUT2D eigenvalue weighted by Gasteiger charge is -2.35. The van der Waals surface area contributed by atoms with Gasteiger partial charge in [-0.15, -0.1) is 12.4 Å². The molecular weight excluding hydrogens is 283 g/mol. The fraction of sp³-hybridized carbons (Fsp3) is 0.571. The van der Waals surface area contributed by atoms with Gasteiger partial charge in [0.05, 0.1) is 7.11 Å². The molecule has 1 aromatic carbocycles. The largest absolute Gasteiger partial charge is 0.497 e. The first-order valence-corrected chi connectivity index (χ1v) is 6.65. The monoisotopic (exact) mass is 304 g/mol. The van der Waals surface area contributed by atoms with Gasteiger partial charge in [-0.25, -0.2) is 4.39 Å². The number of aliphatic hydroxyl groups excluding tert-OH is 1. The smallest absolute Gasteiger partial charge is 0.128 e. The minimum atomic E-state index is -0.238. The molecule has 1 aliphatic rings. The number of ether oxygens (including phenoxy) is 1. The summed E-state index contributed by atoms with van der Waals surface area (Å²) in [5.74, 6) is 0.409. The number of piperazine rings is 1. The number of halogens is 2. The van der Waals surface area contributed by atoms with E-state index in [9.17, 15) is 9.50 Å². The molecule has 4 nitrogen and oxygen atoms in total. The van der Waals surface area contributed by atoms with Crippen molar-refractivity contribution >= 4 is 12.4 Å². The summed E-state index contributed by atoms with van der Waals surface area (Å²) in [5.41, 5.74) is 0.607. The normalized spacial score (nSPS) is 17.4. The lowest BCUT2D eigenvalue weighted by atomic mass is 10.0. The molecule has 2 N–H and O–H groups in total. The zero-order chi connectivity index (χ0) is 13.7. The first-order valence-electron chi connectivity index (χ1n) is 6.65. The Morgan fingerprint density at radius 1 is 1.40 bits per heavy atom. The van der Waals surface area contributed by atoms with Crippen LogP contribution in [0.3, 0.4) is 0 Å². The molecule has 0 bridgehead atoms. The Morgan fingerprint density at radius 3 is 2.70 bits per heavy atom. The molecule has 1 atom stereocenters. The SMILES string of the molecule is COc1ccc(F)c([C@@H](CCO)N2CCNCC2)c1.Cl. The Labute approximate surface area is 125 Å². The third kappa shape index (κ3) is 4.06. The number of nitrogens with zero attached hydrogens (tertiary/aromatic N) is 1. The maximum Gasteiger partial charge on any atom is 0.128 e. The summed E-state index contributed by atoms with van der Waals surface area (Å²) < 4.78 is 19.2. The second-order valence-corrected chi connectivity index (χ2v) is 4.70. The van der Waals surface area contributed by atoms with Crippen molar-refractivity contribution in [3.05, 3.63) is 29.6 Å². The number of rotatable bonds is 5. The van der Waals surface area contributed by atoms with Crippen molar-refractivity contribution in [1.29, 1.82) is 0 Å². The zero-order valence-corrected chi connectivity index (χ0v) is 12.5. The third-order valence-corrected chi connectivity index (χ3v) is 3.56. The average molecular weight is 305 g/mol. The fourth-order valence-electron chi connectivity index (χ4n) is 2.56. The van der Waals surface area contributed by atoms with Crippen molar-refractivity contribution in [2.75, 3.05) is 39.9 Å². The number of hydrogen-bond acceptors (Lipinski definition) is 4. The van der Waals surface area contributed by atoms with Crippen LogP contribution in [0.5, 0.6) is 5.75 Å². The number of nitrogens with one attached hydrogen (secondary N) is 1. The topological polar surface area (TPSA) is 44.7 Å². The second-order valence-electron chi connectivity index (χ2n) is 4.70. The lowest BCUT2D eigenvalue weighted by Crippen LogP contribution is -2.45. The van der Waals surface area contributed by atoms with Gasteiger partial charge >= 0.3 is 0 Å². The first-order chi connectivity index (χ1) is 9.26. The van der Waals surface area contributed by atoms with E-state index in [1.54, 1.807) is 19.2 Å². The molecule has 1 aromatic rings. The van der Waals surface area contributed by atoms with Gasteiger partial charge in [0.1, 0.15) is 11.6 Å². The van der Waals surface area contributed by atoms with Gasteiger partial charge in [-0.1, -0.05) is 0 Å². The Balaban J connectivity index is 0.00000200. The Hall–Kier alpha value is -0.880. The van der Waals surface area contributed by atoms with Crippen LogP contribution >= 0.6 is 12.4 Å². The van der Waals surface area contributed by atoms with E-state index >= 15 is 0 Å². The average Bonchev–Trinajstić information content (AvgIpc) is 2.47. The minimum absolute atomic E-state index is 0. The number of methoxy groups -OCH3 is 1. The van der Waals surface area contributed by atoms with E-state index in [0.717, 1.165) is 26.2 Å². The van der Waals surface area contributed by atoms with Crippen molar-refractivity contribution in [3.8, 4) is 5.75 Å². The van der Waals surface area contributed by atoms with Crippen LogP contribution in [0.2, 0.25) is 0 Å². The molecule has 1 heterocycles. The van der Waals surface area contributed by atoms with E-state index in [1.165, 1.54) is 6.07 Å². The van der Waals surface area contributed by atoms with Crippen LogP contribution in [0.4, 0.5) is 4.39 Å². The van der Waals surface area contributed by atoms with Crippen LogP contribution in [0.15, 0.2) is 18.2 Å². The molecule has 1 aliphatic heterocycles. The lowest BCUT2D eigenvalue weighted by molar-refractivity contribution is 0.138. The molecule has 0 saturated carbocycles. The van der Waals surface area contributed by atoms with Crippen LogP contribution in [0, 0.1) is 5.82 Å². The van der Waals surface area contributed by atoms with E-state index in [4.69, 9.17) is 4.74 Å². The summed E-state index contributed by atoms with van der Waals surface area (Å²) in [6.45, 7) is 3.56. The third-order valence-electron chi connectivity index (χ3n) is 3.56. The molecule has 0 aromatic heterocycles. The summed E-state index contributed by atoms with van der Waals surface area (Å²) in [7, 11) is 1.57. The molecule has 6 heteroatoms. The number of hydrogen-bond donors (Lipinski definition) is 2. The Kier molecular flexibility index (Phi) is 7.23. The summed E-state index contributed by atoms with van der Waals surface area (Å²) in [6.07, 6.45) is 0.532. The minimum Gasteiger partial charge on any atom is -0.497 e. The predicted octanol–water partition coefficient (Wildman–Crippen LogP) is 1.58. The molecule has 114 valence electrons. The van der Waals surface area contributed by atoms with Gasteiger partial charge in [0.25, 0.3) is 0 Å². The molecule has 0 spiro atoms. The van der Waals surface area contributed by atoms with Gasteiger partial charge in [0.2, 0.25) is 0 Å². The highest BCUT2D eigenvalue weighted by molar-refractivity contribution is 5.85. The van der Waals surface area contributed by atoms with Crippen molar-refractivity contribution in [3.63, 3.8) is 0 Å². The maximum absolute atomic E-state index is 14.1. The molecule has 20 heavy (non-hydrogen) atoms. The van der Waals surface area contributed by atoms with E-state index in [0.29, 0.717) is 17.7 Å². The van der Waals surface area contributed by atoms with Crippen molar-refractivity contribution < 1.29 is 14.2 Å². The van der Waals surface area contributed by atoms with Crippen molar-refractivity contribution in [2.24, 2.45) is 0 Å². The quantitative estimate of drug-likeness (QED) is 0.867. The summed E-state index contributed by atoms with van der Waals surface area (Å²) in [6, 6.07) is 4.69. The van der Waals surface area contributed by atoms with Crippen LogP contribution in [-0.4, -0.2) is 49.9 Å². The molecule has 0 amide bonds. The number of aliphatic hydroxyl groups is 1. The molecular formula is C14H22ClFN2O2. The standard InChI is InChI=1S/C14H21FN2O2.ClH/c1-19-11-2-3-13(15)12(10-11)14(4-9-18)17-7-5-16-6-8-17;/h2-3,10,14,16,18H,4-9H2,1H3;1H/t14-;/m1./s1. The van der Waals surface area contributed by atoms with Gasteiger partial charge in [0.15, 0.2) is 0 Å². The molecule has 1 saturated heterocycles. The highest BCUT2D eigenvalue weighted by atomic mass is 35.5. The molecule has 1 fully saturated rings. The summed E-state index contributed by atoms with van der Waals surface area (Å²) >= 11 is 0. The maximum atomic E-state index is 14.1. The highest BCUT2D eigenvalue weighted by Crippen LogP contribution is 2.29. The van der Waals surface area contributed by atoms with Gasteiger partial charge in [-0.2, -0.15) is 0 Å². The summed E-state index contributed by atoms with van der Waals surface area (Å²) in [5, 5.41) is 12.5. The van der Waals surface area contributed by atoms with Crippen LogP contribution in [0.25, 0.3) is 0 Å². The van der Waals surface area contributed by atoms with Crippen LogP contribution in [0.1, 0.15) is 18.0 Å². The van der Waals surface area contributed by atoms with E-state index < -0.39 is 0 Å². The second kappa shape index (κ2) is 8.42. The summed E-state index contributed by atoms with van der Waals surface area (Å²) in [4.78, 5) is 2.21. The van der Waals surface area contributed by atoms with E-state index in [1.807, 2.05) is 0 Å². The molecule has 2 rings (SSSR count). The van der Waals surface area contributed by atoms with Gasteiger partial charge in [0, 0.05) is 44.4 Å². The van der Waals surface area contributed by atoms with Crippen molar-refractivity contribution in [1.82, 2.24) is 10.2 Å². The first kappa shape index (κ1) is 17.2. The molecule has 0 unspecified atom stereocenters. The van der Waals surface area contributed by atoms with E-state index in [-0.39, 0.29) is 30.9 Å². The van der Waals surface area contributed by atoms with Gasteiger partial charge in [-0.05, 0) is 24.6 Å². The van der Waals surface area contributed by atoms with Gasteiger partial charge in [-0.3, -0.25) is 4.90 Å². The van der Waals surface area contributed by atoms with Crippen LogP contribution < -0.4 is 10.1 Å². The zero-order valence-electron chi connectivity index (χ0n) is 11.6. The Morgan fingerprint density at radius 2 is 2.10 bits per heavy atom. The Bertz CT molecular complexity index is 414. The number of benzene rings is 1. The fourth-order valence-corrected chi connectivity index (χ4v) is 2.56. The highest BCUT2D eigenvalue weighted by Gasteiger charge is 2.24. The molecule has 0 aliphatic carbocycles. The van der Waals surface area contributed by atoms with Crippen LogP contribution in [-0.2, 0) is 0 Å². The van der Waals surface area contributed by atoms with Gasteiger partial charge < -0.3 is 15.2 Å². The molecule has 0 radical (unpaired) electrons. The predicted molar refractivity (Wildman–Crippen MR) is 79.1 cm³/mol. The van der Waals surface area contributed by atoms with Crippen molar-refractivity contribution in [2.45, 2.75) is 12.5 Å². The van der Waals surface area contributed by atoms with E-state index in [2.05, 4.69) is 10.2 Å².